The first kappa shape index (κ1) is 7.32. The summed E-state index contributed by atoms with van der Waals surface area (Å²) < 4.78 is 7.25. The molecule has 56 valence electrons. The summed E-state index contributed by atoms with van der Waals surface area (Å²) in [4.78, 5) is 0. The van der Waals surface area contributed by atoms with Gasteiger partial charge in [0.05, 0.1) is 6.42 Å². The molecule has 0 aromatic carbocycles. The number of rotatable bonds is 3. The topological polar surface area (TPSA) is 17.0 Å². The maximum Gasteiger partial charge on any atom is 0.346 e. The van der Waals surface area contributed by atoms with Crippen LogP contribution in [0.5, 0.6) is 0 Å². The van der Waals surface area contributed by atoms with Gasteiger partial charge in [0, 0.05) is 0 Å². The summed E-state index contributed by atoms with van der Waals surface area (Å²) >= 11 is 0. The highest BCUT2D eigenvalue weighted by atomic mass is 16.3. The monoisotopic (exact) mass is 140 g/mol. The summed E-state index contributed by atoms with van der Waals surface area (Å²) in [6.07, 6.45) is 7.15. The van der Waals surface area contributed by atoms with E-state index in [1.54, 1.807) is 6.26 Å². The van der Waals surface area contributed by atoms with E-state index in [0.29, 0.717) is 0 Å². The van der Waals surface area contributed by atoms with Crippen LogP contribution in [-0.4, -0.2) is 0 Å². The third-order valence-corrected chi connectivity index (χ3v) is 1.63. The Kier molecular flexibility index (Phi) is 2.49. The van der Waals surface area contributed by atoms with Crippen LogP contribution in [0.3, 0.4) is 0 Å². The molecule has 0 saturated carbocycles. The fourth-order valence-corrected chi connectivity index (χ4v) is 0.930. The molecule has 10 heavy (non-hydrogen) atoms. The molecule has 0 saturated heterocycles. The molecule has 2 nitrogen and oxygen atoms in total. The van der Waals surface area contributed by atoms with E-state index in [1.807, 2.05) is 17.8 Å². The van der Waals surface area contributed by atoms with Crippen molar-refractivity contribution < 1.29 is 8.98 Å². The number of oxazole rings is 1. The van der Waals surface area contributed by atoms with Crippen LogP contribution in [0.2, 0.25) is 0 Å². The van der Waals surface area contributed by atoms with Gasteiger partial charge in [0.15, 0.2) is 6.26 Å². The summed E-state index contributed by atoms with van der Waals surface area (Å²) in [6, 6.07) is 0. The van der Waals surface area contributed by atoms with E-state index >= 15 is 0 Å². The highest BCUT2D eigenvalue weighted by Crippen LogP contribution is 1.98. The Hall–Kier alpha value is -0.790. The zero-order valence-electron chi connectivity index (χ0n) is 6.63. The number of hydrogen-bond donors (Lipinski definition) is 0. The van der Waals surface area contributed by atoms with E-state index in [4.69, 9.17) is 4.42 Å². The predicted octanol–water partition coefficient (Wildman–Crippen LogP) is 1.45. The van der Waals surface area contributed by atoms with Gasteiger partial charge in [-0.25, -0.2) is 0 Å². The van der Waals surface area contributed by atoms with E-state index in [0.717, 1.165) is 12.3 Å². The first-order valence-corrected chi connectivity index (χ1v) is 3.76. The Morgan fingerprint density at radius 3 is 2.90 bits per heavy atom. The molecular formula is C8H14NO+. The molecule has 0 N–H and O–H groups in total. The Balaban J connectivity index is 2.49. The molecule has 0 fully saturated rings. The fraction of sp³-hybridized carbons (Fsp3) is 0.625. The van der Waals surface area contributed by atoms with Gasteiger partial charge in [-0.3, -0.25) is 0 Å². The zero-order chi connectivity index (χ0) is 7.40. The standard InChI is InChI=1S/C8H14NO/c1-3-4-5-8-9(2)6-7-10-8/h6-7H,3-5H2,1-2H3/q+1. The lowest BCUT2D eigenvalue weighted by atomic mass is 10.2. The van der Waals surface area contributed by atoms with E-state index < -0.39 is 0 Å². The van der Waals surface area contributed by atoms with Crippen LogP contribution in [0.25, 0.3) is 0 Å². The minimum Gasteiger partial charge on any atom is -0.410 e. The molecule has 0 aliphatic carbocycles. The molecule has 0 aliphatic rings. The number of aromatic nitrogens is 1. The minimum absolute atomic E-state index is 1.06. The number of hydrogen-bond acceptors (Lipinski definition) is 1. The second-order valence-electron chi connectivity index (χ2n) is 2.51. The van der Waals surface area contributed by atoms with Crippen LogP contribution < -0.4 is 4.57 Å². The van der Waals surface area contributed by atoms with Crippen LogP contribution in [0, 0.1) is 0 Å². The van der Waals surface area contributed by atoms with Gasteiger partial charge in [0.2, 0.25) is 6.20 Å². The van der Waals surface area contributed by atoms with Gasteiger partial charge in [0.25, 0.3) is 0 Å². The highest BCUT2D eigenvalue weighted by Gasteiger charge is 2.07. The van der Waals surface area contributed by atoms with Crippen molar-refractivity contribution in [2.75, 3.05) is 0 Å². The lowest BCUT2D eigenvalue weighted by Gasteiger charge is -1.88. The smallest absolute Gasteiger partial charge is 0.346 e. The van der Waals surface area contributed by atoms with Crippen molar-refractivity contribution in [3.63, 3.8) is 0 Å². The number of unbranched alkanes of at least 4 members (excludes halogenated alkanes) is 1. The number of nitrogens with zero attached hydrogens (tertiary/aromatic N) is 1. The third-order valence-electron chi connectivity index (χ3n) is 1.63. The minimum atomic E-state index is 1.06. The molecule has 1 aromatic heterocycles. The second-order valence-corrected chi connectivity index (χ2v) is 2.51. The molecule has 0 aliphatic heterocycles. The molecule has 0 amide bonds. The summed E-state index contributed by atoms with van der Waals surface area (Å²) in [6.45, 7) is 2.18. The van der Waals surface area contributed by atoms with Gasteiger partial charge >= 0.3 is 5.89 Å². The molecule has 1 heterocycles. The summed E-state index contributed by atoms with van der Waals surface area (Å²) in [5.74, 6) is 1.07. The largest absolute Gasteiger partial charge is 0.410 e. The molecule has 0 unspecified atom stereocenters. The van der Waals surface area contributed by atoms with Crippen LogP contribution in [0.1, 0.15) is 25.7 Å². The van der Waals surface area contributed by atoms with Crippen LogP contribution in [0.4, 0.5) is 0 Å². The maximum absolute atomic E-state index is 5.23. The average Bonchev–Trinajstić information content (AvgIpc) is 2.31. The van der Waals surface area contributed by atoms with Crippen molar-refractivity contribution in [1.29, 1.82) is 0 Å². The second kappa shape index (κ2) is 3.40. The maximum atomic E-state index is 5.23. The Morgan fingerprint density at radius 2 is 2.40 bits per heavy atom. The quantitative estimate of drug-likeness (QED) is 0.581. The van der Waals surface area contributed by atoms with E-state index in [1.165, 1.54) is 12.8 Å². The summed E-state index contributed by atoms with van der Waals surface area (Å²) in [5, 5.41) is 0. The summed E-state index contributed by atoms with van der Waals surface area (Å²) in [5.41, 5.74) is 0. The van der Waals surface area contributed by atoms with Crippen LogP contribution in [0.15, 0.2) is 16.9 Å². The van der Waals surface area contributed by atoms with Crippen molar-refractivity contribution in [1.82, 2.24) is 0 Å². The Labute approximate surface area is 61.5 Å². The lowest BCUT2D eigenvalue weighted by molar-refractivity contribution is -0.682. The van der Waals surface area contributed by atoms with Crippen LogP contribution >= 0.6 is 0 Å². The normalized spacial score (nSPS) is 10.2. The van der Waals surface area contributed by atoms with Crippen molar-refractivity contribution in [2.24, 2.45) is 7.05 Å². The average molecular weight is 140 g/mol. The van der Waals surface area contributed by atoms with Gasteiger partial charge < -0.3 is 4.42 Å². The van der Waals surface area contributed by atoms with E-state index in [-0.39, 0.29) is 0 Å². The summed E-state index contributed by atoms with van der Waals surface area (Å²) in [7, 11) is 2.01. The highest BCUT2D eigenvalue weighted by molar-refractivity contribution is 4.68. The third kappa shape index (κ3) is 1.59. The van der Waals surface area contributed by atoms with E-state index in [9.17, 15) is 0 Å². The van der Waals surface area contributed by atoms with Gasteiger partial charge in [-0.2, -0.15) is 4.57 Å². The molecule has 2 heteroatoms. The fourth-order valence-electron chi connectivity index (χ4n) is 0.930. The molecular weight excluding hydrogens is 126 g/mol. The first-order valence-electron chi connectivity index (χ1n) is 3.76. The van der Waals surface area contributed by atoms with Crippen molar-refractivity contribution in [2.45, 2.75) is 26.2 Å². The zero-order valence-corrected chi connectivity index (χ0v) is 6.63. The molecule has 0 atom stereocenters. The van der Waals surface area contributed by atoms with Gasteiger partial charge in [0.1, 0.15) is 7.05 Å². The van der Waals surface area contributed by atoms with Gasteiger partial charge in [-0.1, -0.05) is 13.3 Å². The predicted molar refractivity (Wildman–Crippen MR) is 38.5 cm³/mol. The number of aryl methyl sites for hydroxylation is 2. The molecule has 0 bridgehead atoms. The van der Waals surface area contributed by atoms with Crippen molar-refractivity contribution in [3.05, 3.63) is 18.4 Å². The Bertz CT molecular complexity index is 193. The first-order chi connectivity index (χ1) is 4.84. The molecule has 1 rings (SSSR count). The van der Waals surface area contributed by atoms with Crippen LogP contribution in [-0.2, 0) is 13.5 Å². The van der Waals surface area contributed by atoms with Gasteiger partial charge in [-0.15, -0.1) is 0 Å². The SMILES string of the molecule is CCCCc1occ[n+]1C. The van der Waals surface area contributed by atoms with Crippen molar-refractivity contribution in [3.8, 4) is 0 Å². The Morgan fingerprint density at radius 1 is 1.60 bits per heavy atom. The van der Waals surface area contributed by atoms with Crippen molar-refractivity contribution >= 4 is 0 Å². The molecule has 0 spiro atoms. The molecule has 1 aromatic rings. The molecule has 0 radical (unpaired) electrons. The lowest BCUT2D eigenvalue weighted by Crippen LogP contribution is -2.29. The van der Waals surface area contributed by atoms with E-state index in [2.05, 4.69) is 6.92 Å². The van der Waals surface area contributed by atoms with Gasteiger partial charge in [-0.05, 0) is 6.42 Å².